The molecule has 0 saturated heterocycles. The van der Waals surface area contributed by atoms with Gasteiger partial charge in [0.25, 0.3) is 0 Å². The lowest BCUT2D eigenvalue weighted by Gasteiger charge is -2.23. The fraction of sp³-hybridized carbons (Fsp3) is 0.400. The van der Waals surface area contributed by atoms with Crippen LogP contribution in [0.25, 0.3) is 0 Å². The number of aryl methyl sites for hydroxylation is 1. The Balaban J connectivity index is 2.26. The number of halogens is 1. The highest BCUT2D eigenvalue weighted by molar-refractivity contribution is 9.10. The van der Waals surface area contributed by atoms with Crippen molar-refractivity contribution in [3.63, 3.8) is 0 Å². The van der Waals surface area contributed by atoms with E-state index in [-0.39, 0.29) is 0 Å². The second-order valence-electron chi connectivity index (χ2n) is 3.52. The molecule has 0 aromatic heterocycles. The van der Waals surface area contributed by atoms with Gasteiger partial charge in [0.15, 0.2) is 0 Å². The molecule has 1 aromatic rings. The third-order valence-electron chi connectivity index (χ3n) is 2.63. The number of nitrogens with two attached hydrogens (primary N) is 1. The van der Waals surface area contributed by atoms with Gasteiger partial charge in [0.2, 0.25) is 0 Å². The number of fused-ring (bicyclic) bond motifs is 1. The van der Waals surface area contributed by atoms with Crippen LogP contribution in [-0.4, -0.2) is 6.04 Å². The van der Waals surface area contributed by atoms with E-state index in [2.05, 4.69) is 39.6 Å². The lowest BCUT2D eigenvalue weighted by atomic mass is 9.89. The second kappa shape index (κ2) is 3.78. The summed E-state index contributed by atoms with van der Waals surface area (Å²) in [5, 5.41) is 0. The number of rotatable bonds is 1. The van der Waals surface area contributed by atoms with Gasteiger partial charge in [0.1, 0.15) is 0 Å². The van der Waals surface area contributed by atoms with Crippen molar-refractivity contribution in [1.29, 1.82) is 0 Å². The molecule has 0 amide bonds. The zero-order valence-electron chi connectivity index (χ0n) is 7.39. The summed E-state index contributed by atoms with van der Waals surface area (Å²) in [5.41, 5.74) is 5.73. The van der Waals surface area contributed by atoms with Gasteiger partial charge in [-0.05, 0) is 42.5 Å². The molecule has 2 rings (SSSR count). The van der Waals surface area contributed by atoms with Crippen molar-refractivity contribution in [2.24, 2.45) is 5.84 Å². The maximum Gasteiger partial charge on any atom is 0.0254 e. The van der Waals surface area contributed by atoms with Gasteiger partial charge in [0.05, 0.1) is 0 Å². The van der Waals surface area contributed by atoms with Crippen LogP contribution in [-0.2, 0) is 12.8 Å². The quantitative estimate of drug-likeness (QED) is 0.581. The second-order valence-corrected chi connectivity index (χ2v) is 4.44. The van der Waals surface area contributed by atoms with E-state index >= 15 is 0 Å². The smallest absolute Gasteiger partial charge is 0.0254 e. The van der Waals surface area contributed by atoms with Crippen LogP contribution in [0, 0.1) is 0 Å². The van der Waals surface area contributed by atoms with Gasteiger partial charge < -0.3 is 0 Å². The molecule has 70 valence electrons. The van der Waals surface area contributed by atoms with E-state index in [9.17, 15) is 0 Å². The summed E-state index contributed by atoms with van der Waals surface area (Å²) in [4.78, 5) is 0. The fourth-order valence-corrected chi connectivity index (χ4v) is 2.27. The highest BCUT2D eigenvalue weighted by Gasteiger charge is 2.16. The first kappa shape index (κ1) is 9.19. The van der Waals surface area contributed by atoms with Crippen molar-refractivity contribution in [3.05, 3.63) is 33.8 Å². The number of benzene rings is 1. The number of hydrazine groups is 1. The predicted octanol–water partition coefficient (Wildman–Crippen LogP) is 1.77. The molecule has 1 unspecified atom stereocenters. The maximum atomic E-state index is 5.43. The molecule has 0 saturated carbocycles. The van der Waals surface area contributed by atoms with Crippen molar-refractivity contribution < 1.29 is 0 Å². The third kappa shape index (κ3) is 1.93. The first-order valence-corrected chi connectivity index (χ1v) is 5.32. The number of hydrogen-bond acceptors (Lipinski definition) is 2. The topological polar surface area (TPSA) is 38.0 Å². The molecule has 0 spiro atoms. The Kier molecular flexibility index (Phi) is 2.67. The fourth-order valence-electron chi connectivity index (χ4n) is 1.87. The highest BCUT2D eigenvalue weighted by Crippen LogP contribution is 2.24. The van der Waals surface area contributed by atoms with Crippen molar-refractivity contribution >= 4 is 15.9 Å². The number of hydrogen-bond donors (Lipinski definition) is 2. The summed E-state index contributed by atoms with van der Waals surface area (Å²) in [6.45, 7) is 0. The van der Waals surface area contributed by atoms with Crippen LogP contribution in [0.3, 0.4) is 0 Å². The van der Waals surface area contributed by atoms with Crippen molar-refractivity contribution in [3.8, 4) is 0 Å². The molecule has 0 bridgehead atoms. The molecule has 0 radical (unpaired) electrons. The Morgan fingerprint density at radius 3 is 3.00 bits per heavy atom. The van der Waals surface area contributed by atoms with Gasteiger partial charge in [-0.25, -0.2) is 0 Å². The minimum absolute atomic E-state index is 0.452. The summed E-state index contributed by atoms with van der Waals surface area (Å²) in [6, 6.07) is 6.94. The molecule has 3 heteroatoms. The number of nitrogens with one attached hydrogen (secondary N) is 1. The van der Waals surface area contributed by atoms with Crippen LogP contribution < -0.4 is 11.3 Å². The molecule has 0 aliphatic heterocycles. The average Bonchev–Trinajstić information content (AvgIpc) is 2.17. The van der Waals surface area contributed by atoms with Crippen LogP contribution in [0.5, 0.6) is 0 Å². The van der Waals surface area contributed by atoms with E-state index in [4.69, 9.17) is 5.84 Å². The van der Waals surface area contributed by atoms with E-state index in [0.717, 1.165) is 19.3 Å². The molecule has 2 nitrogen and oxygen atoms in total. The molecule has 1 aliphatic carbocycles. The van der Waals surface area contributed by atoms with Gasteiger partial charge >= 0.3 is 0 Å². The SMILES string of the molecule is NNC1CCc2cc(Br)ccc2C1. The van der Waals surface area contributed by atoms with Gasteiger partial charge in [-0.2, -0.15) is 0 Å². The standard InChI is InChI=1S/C10H13BrN2/c11-9-3-1-8-6-10(13-12)4-2-7(8)5-9/h1,3,5,10,13H,2,4,6,12H2. The van der Waals surface area contributed by atoms with Crippen LogP contribution in [0.15, 0.2) is 22.7 Å². The lowest BCUT2D eigenvalue weighted by molar-refractivity contribution is 0.470. The van der Waals surface area contributed by atoms with Gasteiger partial charge in [-0.15, -0.1) is 0 Å². The molecule has 1 atom stereocenters. The summed E-state index contributed by atoms with van der Waals surface area (Å²) < 4.78 is 1.17. The van der Waals surface area contributed by atoms with Gasteiger partial charge in [0, 0.05) is 10.5 Å². The first-order valence-electron chi connectivity index (χ1n) is 4.53. The molecule has 0 heterocycles. The van der Waals surface area contributed by atoms with Crippen LogP contribution in [0.1, 0.15) is 17.5 Å². The summed E-state index contributed by atoms with van der Waals surface area (Å²) >= 11 is 3.48. The van der Waals surface area contributed by atoms with Crippen LogP contribution >= 0.6 is 15.9 Å². The van der Waals surface area contributed by atoms with Gasteiger partial charge in [-0.3, -0.25) is 11.3 Å². The minimum Gasteiger partial charge on any atom is -0.271 e. The Labute approximate surface area is 86.6 Å². The van der Waals surface area contributed by atoms with Crippen LogP contribution in [0.4, 0.5) is 0 Å². The monoisotopic (exact) mass is 240 g/mol. The Morgan fingerprint density at radius 2 is 2.23 bits per heavy atom. The molecular formula is C10H13BrN2. The summed E-state index contributed by atoms with van der Waals surface area (Å²) in [7, 11) is 0. The molecular weight excluding hydrogens is 228 g/mol. The van der Waals surface area contributed by atoms with E-state index < -0.39 is 0 Å². The van der Waals surface area contributed by atoms with E-state index in [1.165, 1.54) is 15.6 Å². The molecule has 1 aliphatic rings. The Bertz CT molecular complexity index is 312. The minimum atomic E-state index is 0.452. The van der Waals surface area contributed by atoms with Crippen molar-refractivity contribution in [2.75, 3.05) is 0 Å². The van der Waals surface area contributed by atoms with Crippen LogP contribution in [0.2, 0.25) is 0 Å². The zero-order valence-corrected chi connectivity index (χ0v) is 8.97. The highest BCUT2D eigenvalue weighted by atomic mass is 79.9. The molecule has 1 aromatic carbocycles. The van der Waals surface area contributed by atoms with E-state index in [1.54, 1.807) is 0 Å². The predicted molar refractivity (Wildman–Crippen MR) is 57.3 cm³/mol. The summed E-state index contributed by atoms with van der Waals surface area (Å²) in [5.74, 6) is 5.43. The van der Waals surface area contributed by atoms with Crippen molar-refractivity contribution in [2.45, 2.75) is 25.3 Å². The van der Waals surface area contributed by atoms with E-state index in [0.29, 0.717) is 6.04 Å². The first-order chi connectivity index (χ1) is 6.29. The summed E-state index contributed by atoms with van der Waals surface area (Å²) in [6.07, 6.45) is 3.32. The molecule has 13 heavy (non-hydrogen) atoms. The van der Waals surface area contributed by atoms with Gasteiger partial charge in [-0.1, -0.05) is 22.0 Å². The van der Waals surface area contributed by atoms with Crippen molar-refractivity contribution in [1.82, 2.24) is 5.43 Å². The normalized spacial score (nSPS) is 21.2. The molecule has 3 N–H and O–H groups in total. The maximum absolute atomic E-state index is 5.43. The average molecular weight is 241 g/mol. The van der Waals surface area contributed by atoms with E-state index in [1.807, 2.05) is 0 Å². The Hall–Kier alpha value is -0.380. The lowest BCUT2D eigenvalue weighted by Crippen LogP contribution is -2.39. The largest absolute Gasteiger partial charge is 0.271 e. The third-order valence-corrected chi connectivity index (χ3v) is 3.13. The zero-order chi connectivity index (χ0) is 9.26. The molecule has 0 fully saturated rings. The Morgan fingerprint density at radius 1 is 1.38 bits per heavy atom.